The minimum absolute atomic E-state index is 0.0562. The van der Waals surface area contributed by atoms with E-state index < -0.39 is 17.7 Å². The second-order valence-electron chi connectivity index (χ2n) is 8.83. The summed E-state index contributed by atoms with van der Waals surface area (Å²) in [6.45, 7) is 0.0165. The number of amides is 3. The van der Waals surface area contributed by atoms with Crippen LogP contribution in [0.2, 0.25) is 0 Å². The van der Waals surface area contributed by atoms with Gasteiger partial charge in [-0.3, -0.25) is 9.69 Å². The first-order valence-corrected chi connectivity index (χ1v) is 11.2. The lowest BCUT2D eigenvalue weighted by Crippen LogP contribution is -2.47. The van der Waals surface area contributed by atoms with Gasteiger partial charge in [-0.05, 0) is 60.8 Å². The predicted octanol–water partition coefficient (Wildman–Crippen LogP) is 3.23. The van der Waals surface area contributed by atoms with Crippen LogP contribution in [0.15, 0.2) is 48.5 Å². The molecule has 2 aromatic carbocycles. The van der Waals surface area contributed by atoms with Crippen molar-refractivity contribution in [2.45, 2.75) is 56.3 Å². The molecule has 0 bridgehead atoms. The highest BCUT2D eigenvalue weighted by atomic mass is 16.5. The highest BCUT2D eigenvalue weighted by molar-refractivity contribution is 6.07. The third-order valence-electron chi connectivity index (χ3n) is 6.85. The molecule has 3 amide bonds. The van der Waals surface area contributed by atoms with Crippen LogP contribution in [0.5, 0.6) is 0 Å². The van der Waals surface area contributed by atoms with Crippen LogP contribution in [-0.4, -0.2) is 41.2 Å². The van der Waals surface area contributed by atoms with Crippen LogP contribution >= 0.6 is 0 Å². The number of ether oxygens (including phenoxy) is 1. The Morgan fingerprint density at radius 1 is 1.06 bits per heavy atom. The minimum Gasteiger partial charge on any atom is -0.389 e. The van der Waals surface area contributed by atoms with E-state index in [-0.39, 0.29) is 25.2 Å². The molecule has 1 heterocycles. The SMILES string of the molecule is O=C1N[C@]2(CCCc3ccccc32)C(=O)N1C[C@@H](O)CO[C@H]1CCCc2ccccc21. The van der Waals surface area contributed by atoms with Crippen molar-refractivity contribution in [3.63, 3.8) is 0 Å². The van der Waals surface area contributed by atoms with Gasteiger partial charge in [0.25, 0.3) is 5.91 Å². The number of imide groups is 1. The van der Waals surface area contributed by atoms with E-state index in [0.717, 1.165) is 48.1 Å². The average Bonchev–Trinajstić information content (AvgIpc) is 3.02. The number of aryl methyl sites for hydroxylation is 2. The van der Waals surface area contributed by atoms with E-state index in [1.165, 1.54) is 11.1 Å². The molecule has 1 saturated heterocycles. The summed E-state index contributed by atoms with van der Waals surface area (Å²) in [5.41, 5.74) is 3.44. The number of benzene rings is 2. The van der Waals surface area contributed by atoms with Crippen molar-refractivity contribution in [2.75, 3.05) is 13.2 Å². The smallest absolute Gasteiger partial charge is 0.325 e. The quantitative estimate of drug-likeness (QED) is 0.728. The van der Waals surface area contributed by atoms with Gasteiger partial charge in [0.15, 0.2) is 0 Å². The fourth-order valence-electron chi connectivity index (χ4n) is 5.35. The molecule has 1 spiro atoms. The zero-order chi connectivity index (χ0) is 21.4. The predicted molar refractivity (Wildman–Crippen MR) is 115 cm³/mol. The summed E-state index contributed by atoms with van der Waals surface area (Å²) >= 11 is 0. The normalized spacial score (nSPS) is 25.8. The van der Waals surface area contributed by atoms with Crippen molar-refractivity contribution < 1.29 is 19.4 Å². The van der Waals surface area contributed by atoms with Gasteiger partial charge < -0.3 is 15.2 Å². The summed E-state index contributed by atoms with van der Waals surface area (Å²) in [5, 5.41) is 13.5. The monoisotopic (exact) mass is 420 g/mol. The van der Waals surface area contributed by atoms with Gasteiger partial charge in [0.05, 0.1) is 25.4 Å². The third kappa shape index (κ3) is 3.54. The summed E-state index contributed by atoms with van der Waals surface area (Å²) in [7, 11) is 0. The van der Waals surface area contributed by atoms with Crippen LogP contribution in [-0.2, 0) is 27.9 Å². The highest BCUT2D eigenvalue weighted by Crippen LogP contribution is 2.40. The van der Waals surface area contributed by atoms with Crippen molar-refractivity contribution in [3.05, 3.63) is 70.8 Å². The molecule has 31 heavy (non-hydrogen) atoms. The molecule has 0 unspecified atom stereocenters. The summed E-state index contributed by atoms with van der Waals surface area (Å²) in [5.74, 6) is -0.272. The van der Waals surface area contributed by atoms with Gasteiger partial charge in [0, 0.05) is 0 Å². The second kappa shape index (κ2) is 8.09. The Kier molecular flexibility index (Phi) is 5.28. The molecule has 0 saturated carbocycles. The van der Waals surface area contributed by atoms with E-state index in [9.17, 15) is 14.7 Å². The van der Waals surface area contributed by atoms with Crippen molar-refractivity contribution >= 4 is 11.9 Å². The Labute approximate surface area is 182 Å². The van der Waals surface area contributed by atoms with E-state index in [1.54, 1.807) is 0 Å². The molecular weight excluding hydrogens is 392 g/mol. The Hall–Kier alpha value is -2.70. The van der Waals surface area contributed by atoms with Crippen LogP contribution in [0.1, 0.15) is 54.0 Å². The van der Waals surface area contributed by atoms with E-state index in [4.69, 9.17) is 4.74 Å². The van der Waals surface area contributed by atoms with Gasteiger partial charge in [0.1, 0.15) is 5.54 Å². The zero-order valence-electron chi connectivity index (χ0n) is 17.5. The molecule has 6 nitrogen and oxygen atoms in total. The summed E-state index contributed by atoms with van der Waals surface area (Å²) in [6.07, 6.45) is 4.34. The lowest BCUT2D eigenvalue weighted by molar-refractivity contribution is -0.133. The van der Waals surface area contributed by atoms with Gasteiger partial charge >= 0.3 is 6.03 Å². The van der Waals surface area contributed by atoms with Crippen molar-refractivity contribution in [1.29, 1.82) is 0 Å². The molecule has 3 atom stereocenters. The first-order chi connectivity index (χ1) is 15.1. The highest BCUT2D eigenvalue weighted by Gasteiger charge is 2.54. The molecule has 2 aromatic rings. The number of hydrogen-bond donors (Lipinski definition) is 2. The molecule has 1 fully saturated rings. The first-order valence-electron chi connectivity index (χ1n) is 11.2. The zero-order valence-corrected chi connectivity index (χ0v) is 17.5. The standard InChI is InChI=1S/C25H28N2O4/c28-19(16-31-22-13-5-9-17-7-1-3-11-20(17)22)15-27-23(29)25(26-24(27)30)14-6-10-18-8-2-4-12-21(18)25/h1-4,7-8,11-12,19,22,28H,5-6,9-10,13-16H2,(H,26,30)/t19-,22+,25+/m1/s1. The molecule has 2 N–H and O–H groups in total. The van der Waals surface area contributed by atoms with Crippen LogP contribution in [0.3, 0.4) is 0 Å². The van der Waals surface area contributed by atoms with Crippen LogP contribution in [0.4, 0.5) is 4.79 Å². The van der Waals surface area contributed by atoms with Gasteiger partial charge in [-0.2, -0.15) is 0 Å². The summed E-state index contributed by atoms with van der Waals surface area (Å²) in [6, 6.07) is 15.6. The van der Waals surface area contributed by atoms with E-state index >= 15 is 0 Å². The van der Waals surface area contributed by atoms with E-state index in [2.05, 4.69) is 17.4 Å². The van der Waals surface area contributed by atoms with Crippen molar-refractivity contribution in [2.24, 2.45) is 0 Å². The first kappa shape index (κ1) is 20.2. The number of fused-ring (bicyclic) bond motifs is 3. The minimum atomic E-state index is -1.01. The molecule has 5 rings (SSSR count). The Balaban J connectivity index is 1.26. The number of aliphatic hydroxyl groups excluding tert-OH is 1. The molecule has 162 valence electrons. The third-order valence-corrected chi connectivity index (χ3v) is 6.85. The maximum Gasteiger partial charge on any atom is 0.325 e. The number of aliphatic hydroxyl groups is 1. The van der Waals surface area contributed by atoms with Gasteiger partial charge in [-0.15, -0.1) is 0 Å². The topological polar surface area (TPSA) is 78.9 Å². The Morgan fingerprint density at radius 2 is 1.81 bits per heavy atom. The molecule has 6 heteroatoms. The van der Waals surface area contributed by atoms with Crippen molar-refractivity contribution in [3.8, 4) is 0 Å². The Bertz CT molecular complexity index is 1010. The molecular formula is C25H28N2O4. The summed E-state index contributed by atoms with van der Waals surface area (Å²) < 4.78 is 6.03. The number of nitrogens with one attached hydrogen (secondary N) is 1. The number of rotatable bonds is 5. The molecule has 0 aromatic heterocycles. The molecule has 0 radical (unpaired) electrons. The van der Waals surface area contributed by atoms with Gasteiger partial charge in [-0.1, -0.05) is 48.5 Å². The van der Waals surface area contributed by atoms with Crippen LogP contribution in [0, 0.1) is 0 Å². The molecule has 2 aliphatic carbocycles. The molecule has 3 aliphatic rings. The van der Waals surface area contributed by atoms with Crippen LogP contribution in [0.25, 0.3) is 0 Å². The summed E-state index contributed by atoms with van der Waals surface area (Å²) in [4.78, 5) is 27.2. The van der Waals surface area contributed by atoms with Gasteiger partial charge in [-0.25, -0.2) is 4.79 Å². The fraction of sp³-hybridized carbons (Fsp3) is 0.440. The number of carbonyl (C=O) groups is 2. The Morgan fingerprint density at radius 3 is 2.68 bits per heavy atom. The lowest BCUT2D eigenvalue weighted by Gasteiger charge is -2.33. The largest absolute Gasteiger partial charge is 0.389 e. The van der Waals surface area contributed by atoms with Crippen molar-refractivity contribution in [1.82, 2.24) is 10.2 Å². The second-order valence-corrected chi connectivity index (χ2v) is 8.83. The lowest BCUT2D eigenvalue weighted by atomic mass is 9.76. The van der Waals surface area contributed by atoms with E-state index in [0.29, 0.717) is 6.42 Å². The fourth-order valence-corrected chi connectivity index (χ4v) is 5.35. The maximum atomic E-state index is 13.4. The number of nitrogens with zero attached hydrogens (tertiary/aromatic N) is 1. The average molecular weight is 421 g/mol. The number of hydrogen-bond acceptors (Lipinski definition) is 4. The van der Waals surface area contributed by atoms with Crippen LogP contribution < -0.4 is 5.32 Å². The number of β-amino-alcohol motifs (C(OH)–C–C–N with tert-alkyl or cyclic N) is 1. The maximum absolute atomic E-state index is 13.4. The van der Waals surface area contributed by atoms with Gasteiger partial charge in [0.2, 0.25) is 0 Å². The van der Waals surface area contributed by atoms with E-state index in [1.807, 2.05) is 36.4 Å². The number of urea groups is 1. The number of carbonyl (C=O) groups excluding carboxylic acids is 2. The molecule has 1 aliphatic heterocycles.